The van der Waals surface area contributed by atoms with Crippen LogP contribution in [0.1, 0.15) is 49.9 Å². The summed E-state index contributed by atoms with van der Waals surface area (Å²) < 4.78 is 41.0. The van der Waals surface area contributed by atoms with Crippen molar-refractivity contribution in [2.45, 2.75) is 19.4 Å². The molecule has 1 amide bonds. The summed E-state index contributed by atoms with van der Waals surface area (Å²) in [5.74, 6) is -2.49. The third-order valence-corrected chi connectivity index (χ3v) is 5.10. The number of benzene rings is 2. The van der Waals surface area contributed by atoms with E-state index >= 15 is 0 Å². The van der Waals surface area contributed by atoms with Crippen molar-refractivity contribution in [3.8, 4) is 11.5 Å². The topological polar surface area (TPSA) is 91.5 Å². The third kappa shape index (κ3) is 3.84. The Kier molecular flexibility index (Phi) is 5.37. The monoisotopic (exact) mass is 424 g/mol. The van der Waals surface area contributed by atoms with Gasteiger partial charge < -0.3 is 15.2 Å². The van der Waals surface area contributed by atoms with E-state index in [1.54, 1.807) is 19.1 Å². The van der Waals surface area contributed by atoms with Gasteiger partial charge in [-0.15, -0.1) is 0 Å². The molecule has 1 aliphatic rings. The number of rotatable bonds is 5. The number of hydrogen-bond acceptors (Lipinski definition) is 5. The molecule has 0 spiro atoms. The number of halogens is 2. The van der Waals surface area contributed by atoms with Crippen LogP contribution in [0.5, 0.6) is 11.5 Å². The maximum atomic E-state index is 15.0. The number of hydrogen-bond donors (Lipinski definition) is 1. The minimum atomic E-state index is -0.926. The number of nitrogens with two attached hydrogens (primary N) is 1. The van der Waals surface area contributed by atoms with Crippen LogP contribution in [-0.2, 0) is 0 Å². The molecular formula is C23H18F2N2O4. The zero-order chi connectivity index (χ0) is 22.1. The summed E-state index contributed by atoms with van der Waals surface area (Å²) in [6.45, 7) is 1.79. The second-order valence-electron chi connectivity index (χ2n) is 7.09. The molecule has 0 saturated heterocycles. The van der Waals surface area contributed by atoms with Gasteiger partial charge in [0, 0.05) is 24.4 Å². The molecule has 3 aromatic rings. The standard InChI is InChI=1S/C23H18F2N2O4/c1-12-20-16(19(28)6-9-30-20)11-18(25)21(12)31-22(13-4-7-27-8-5-13)14-2-3-15(23(26)29)17(24)10-14/h2-5,7-8,10-11,22H,6,9H2,1H3,(H2,26,29). The molecule has 0 fully saturated rings. The molecule has 8 heteroatoms. The first kappa shape index (κ1) is 20.5. The van der Waals surface area contributed by atoms with Crippen LogP contribution in [0.15, 0.2) is 48.8 Å². The van der Waals surface area contributed by atoms with Gasteiger partial charge in [-0.25, -0.2) is 8.78 Å². The first-order valence-electron chi connectivity index (χ1n) is 9.51. The van der Waals surface area contributed by atoms with Crippen LogP contribution in [0.4, 0.5) is 8.78 Å². The van der Waals surface area contributed by atoms with Gasteiger partial charge in [0.2, 0.25) is 0 Å². The van der Waals surface area contributed by atoms with Crippen LogP contribution in [0.3, 0.4) is 0 Å². The molecule has 158 valence electrons. The smallest absolute Gasteiger partial charge is 0.251 e. The van der Waals surface area contributed by atoms with E-state index in [0.29, 0.717) is 16.7 Å². The summed E-state index contributed by atoms with van der Waals surface area (Å²) in [4.78, 5) is 27.4. The van der Waals surface area contributed by atoms with E-state index in [2.05, 4.69) is 4.98 Å². The van der Waals surface area contributed by atoms with Gasteiger partial charge in [0.25, 0.3) is 5.91 Å². The van der Waals surface area contributed by atoms with Gasteiger partial charge in [0.05, 0.1) is 17.7 Å². The Balaban J connectivity index is 1.81. The first-order chi connectivity index (χ1) is 14.9. The number of pyridine rings is 1. The summed E-state index contributed by atoms with van der Waals surface area (Å²) in [6, 6.07) is 8.26. The van der Waals surface area contributed by atoms with E-state index in [4.69, 9.17) is 15.2 Å². The average molecular weight is 424 g/mol. The number of Topliss-reactive ketones (excluding diaryl/α,β-unsaturated/α-hetero) is 1. The number of carbonyl (C=O) groups is 2. The molecule has 2 N–H and O–H groups in total. The van der Waals surface area contributed by atoms with E-state index in [0.717, 1.165) is 12.1 Å². The highest BCUT2D eigenvalue weighted by Gasteiger charge is 2.28. The number of primary amides is 1. The highest BCUT2D eigenvalue weighted by molar-refractivity contribution is 6.00. The quantitative estimate of drug-likeness (QED) is 0.671. The van der Waals surface area contributed by atoms with Gasteiger partial charge in [0.15, 0.2) is 17.3 Å². The SMILES string of the molecule is Cc1c(OC(c2ccncc2)c2ccc(C(N)=O)c(F)c2)c(F)cc2c1OCCC2=O. The van der Waals surface area contributed by atoms with E-state index in [1.165, 1.54) is 24.5 Å². The Labute approximate surface area is 176 Å². The maximum absolute atomic E-state index is 15.0. The van der Waals surface area contributed by atoms with Crippen molar-refractivity contribution in [2.24, 2.45) is 5.73 Å². The zero-order valence-electron chi connectivity index (χ0n) is 16.5. The summed E-state index contributed by atoms with van der Waals surface area (Å²) in [5, 5.41) is 0. The van der Waals surface area contributed by atoms with Gasteiger partial charge in [0.1, 0.15) is 17.7 Å². The second-order valence-corrected chi connectivity index (χ2v) is 7.09. The normalized spacial score (nSPS) is 13.8. The van der Waals surface area contributed by atoms with Crippen molar-refractivity contribution < 1.29 is 27.8 Å². The minimum Gasteiger partial charge on any atom is -0.492 e. The number of ketones is 1. The van der Waals surface area contributed by atoms with Crippen LogP contribution in [0, 0.1) is 18.6 Å². The number of nitrogens with zero attached hydrogens (tertiary/aromatic N) is 1. The molecular weight excluding hydrogens is 406 g/mol. The Bertz CT molecular complexity index is 1180. The summed E-state index contributed by atoms with van der Waals surface area (Å²) in [7, 11) is 0. The van der Waals surface area contributed by atoms with Crippen molar-refractivity contribution in [1.29, 1.82) is 0 Å². The molecule has 2 heterocycles. The van der Waals surface area contributed by atoms with Gasteiger partial charge in [-0.05, 0) is 48.4 Å². The lowest BCUT2D eigenvalue weighted by Crippen LogP contribution is -2.19. The lowest BCUT2D eigenvalue weighted by Gasteiger charge is -2.25. The molecule has 6 nitrogen and oxygen atoms in total. The van der Waals surface area contributed by atoms with Gasteiger partial charge in [-0.3, -0.25) is 14.6 Å². The average Bonchev–Trinajstić information content (AvgIpc) is 2.75. The first-order valence-corrected chi connectivity index (χ1v) is 9.51. The Morgan fingerprint density at radius 2 is 1.87 bits per heavy atom. The summed E-state index contributed by atoms with van der Waals surface area (Å²) >= 11 is 0. The number of ether oxygens (including phenoxy) is 2. The van der Waals surface area contributed by atoms with Crippen LogP contribution in [0.2, 0.25) is 0 Å². The van der Waals surface area contributed by atoms with E-state index in [1.807, 2.05) is 0 Å². The molecule has 1 unspecified atom stereocenters. The number of amides is 1. The fraction of sp³-hybridized carbons (Fsp3) is 0.174. The lowest BCUT2D eigenvalue weighted by molar-refractivity contribution is 0.0930. The maximum Gasteiger partial charge on any atom is 0.251 e. The second kappa shape index (κ2) is 8.14. The molecule has 0 radical (unpaired) electrons. The Hall–Kier alpha value is -3.81. The van der Waals surface area contributed by atoms with Crippen LogP contribution in [-0.4, -0.2) is 23.3 Å². The largest absolute Gasteiger partial charge is 0.492 e. The molecule has 4 rings (SSSR count). The summed E-state index contributed by atoms with van der Waals surface area (Å²) in [6.07, 6.45) is 2.30. The molecule has 0 bridgehead atoms. The van der Waals surface area contributed by atoms with Gasteiger partial charge >= 0.3 is 0 Å². The molecule has 1 atom stereocenters. The van der Waals surface area contributed by atoms with Crippen LogP contribution < -0.4 is 15.2 Å². The fourth-order valence-electron chi connectivity index (χ4n) is 3.54. The predicted molar refractivity (Wildman–Crippen MR) is 107 cm³/mol. The van der Waals surface area contributed by atoms with E-state index in [-0.39, 0.29) is 41.4 Å². The van der Waals surface area contributed by atoms with Crippen molar-refractivity contribution in [1.82, 2.24) is 4.98 Å². The molecule has 2 aromatic carbocycles. The van der Waals surface area contributed by atoms with Gasteiger partial charge in [-0.2, -0.15) is 0 Å². The number of aromatic nitrogens is 1. The molecule has 1 aliphatic heterocycles. The number of carbonyl (C=O) groups excluding carboxylic acids is 2. The van der Waals surface area contributed by atoms with Crippen molar-refractivity contribution in [3.05, 3.63) is 88.2 Å². The molecule has 0 saturated carbocycles. The Morgan fingerprint density at radius 1 is 1.13 bits per heavy atom. The number of fused-ring (bicyclic) bond motifs is 1. The third-order valence-electron chi connectivity index (χ3n) is 5.10. The lowest BCUT2D eigenvalue weighted by atomic mass is 9.98. The van der Waals surface area contributed by atoms with E-state index < -0.39 is 23.6 Å². The van der Waals surface area contributed by atoms with Gasteiger partial charge in [-0.1, -0.05) is 6.07 Å². The highest BCUT2D eigenvalue weighted by Crippen LogP contribution is 2.40. The van der Waals surface area contributed by atoms with E-state index in [9.17, 15) is 18.4 Å². The van der Waals surface area contributed by atoms with Crippen LogP contribution >= 0.6 is 0 Å². The van der Waals surface area contributed by atoms with Crippen molar-refractivity contribution in [2.75, 3.05) is 6.61 Å². The molecule has 31 heavy (non-hydrogen) atoms. The fourth-order valence-corrected chi connectivity index (χ4v) is 3.54. The zero-order valence-corrected chi connectivity index (χ0v) is 16.5. The van der Waals surface area contributed by atoms with Crippen molar-refractivity contribution >= 4 is 11.7 Å². The highest BCUT2D eigenvalue weighted by atomic mass is 19.1. The summed E-state index contributed by atoms with van der Waals surface area (Å²) in [5.41, 5.74) is 6.33. The molecule has 0 aliphatic carbocycles. The van der Waals surface area contributed by atoms with Crippen molar-refractivity contribution in [3.63, 3.8) is 0 Å². The minimum absolute atomic E-state index is 0.116. The van der Waals surface area contributed by atoms with Crippen LogP contribution in [0.25, 0.3) is 0 Å². The molecule has 1 aromatic heterocycles. The predicted octanol–water partition coefficient (Wildman–Crippen LogP) is 3.90. The Morgan fingerprint density at radius 3 is 2.55 bits per heavy atom.